The second-order valence-electron chi connectivity index (χ2n) is 7.46. The second kappa shape index (κ2) is 7.55. The van der Waals surface area contributed by atoms with Crippen molar-refractivity contribution in [2.24, 2.45) is 0 Å². The van der Waals surface area contributed by atoms with Gasteiger partial charge in [0.05, 0.1) is 5.69 Å². The Morgan fingerprint density at radius 2 is 1.85 bits per heavy atom. The zero-order valence-electron chi connectivity index (χ0n) is 15.2. The molecule has 0 bridgehead atoms. The van der Waals surface area contributed by atoms with Crippen LogP contribution in [0.3, 0.4) is 0 Å². The SMILES string of the molecule is O=C(NC1CCCCC1)[C@@H]1c2cccn2CC(=O)N1Cc1ccc(F)cc1. The summed E-state index contributed by atoms with van der Waals surface area (Å²) in [5.41, 5.74) is 1.63. The molecule has 0 radical (unpaired) electrons. The third kappa shape index (κ3) is 3.75. The number of amides is 2. The molecule has 0 spiro atoms. The molecule has 1 atom stereocenters. The van der Waals surface area contributed by atoms with E-state index in [1.165, 1.54) is 18.6 Å². The van der Waals surface area contributed by atoms with Crippen LogP contribution in [0.2, 0.25) is 0 Å². The number of benzene rings is 1. The molecule has 4 rings (SSSR count). The van der Waals surface area contributed by atoms with E-state index in [0.29, 0.717) is 0 Å². The smallest absolute Gasteiger partial charge is 0.249 e. The Labute approximate surface area is 158 Å². The number of hydrogen-bond acceptors (Lipinski definition) is 2. The van der Waals surface area contributed by atoms with Gasteiger partial charge in [0.2, 0.25) is 11.8 Å². The van der Waals surface area contributed by atoms with E-state index in [-0.39, 0.29) is 36.8 Å². The van der Waals surface area contributed by atoms with Gasteiger partial charge in [0.15, 0.2) is 6.04 Å². The second-order valence-corrected chi connectivity index (χ2v) is 7.46. The molecule has 5 nitrogen and oxygen atoms in total. The quantitative estimate of drug-likeness (QED) is 0.900. The number of fused-ring (bicyclic) bond motifs is 1. The molecule has 0 unspecified atom stereocenters. The van der Waals surface area contributed by atoms with Gasteiger partial charge in [0.25, 0.3) is 0 Å². The Kier molecular flexibility index (Phi) is 4.97. The van der Waals surface area contributed by atoms with E-state index in [4.69, 9.17) is 0 Å². The number of rotatable bonds is 4. The van der Waals surface area contributed by atoms with Crippen LogP contribution >= 0.6 is 0 Å². The minimum Gasteiger partial charge on any atom is -0.351 e. The van der Waals surface area contributed by atoms with Gasteiger partial charge < -0.3 is 14.8 Å². The Hall–Kier alpha value is -2.63. The number of halogens is 1. The highest BCUT2D eigenvalue weighted by Crippen LogP contribution is 2.29. The molecule has 1 saturated carbocycles. The van der Waals surface area contributed by atoms with E-state index >= 15 is 0 Å². The average molecular weight is 369 g/mol. The fourth-order valence-corrected chi connectivity index (χ4v) is 4.13. The van der Waals surface area contributed by atoms with E-state index in [0.717, 1.165) is 36.9 Å². The third-order valence-corrected chi connectivity index (χ3v) is 5.55. The van der Waals surface area contributed by atoms with Gasteiger partial charge in [0, 0.05) is 18.8 Å². The molecular formula is C21H24FN3O2. The number of carbonyl (C=O) groups is 2. The lowest BCUT2D eigenvalue weighted by molar-refractivity contribution is -0.144. The summed E-state index contributed by atoms with van der Waals surface area (Å²) in [6.45, 7) is 0.504. The summed E-state index contributed by atoms with van der Waals surface area (Å²) in [4.78, 5) is 27.5. The fraction of sp³-hybridized carbons (Fsp3) is 0.429. The Balaban J connectivity index is 1.59. The van der Waals surface area contributed by atoms with Crippen molar-refractivity contribution in [1.29, 1.82) is 0 Å². The zero-order valence-corrected chi connectivity index (χ0v) is 15.2. The molecule has 6 heteroatoms. The largest absolute Gasteiger partial charge is 0.351 e. The molecule has 1 aliphatic carbocycles. The highest BCUT2D eigenvalue weighted by molar-refractivity contribution is 5.90. The van der Waals surface area contributed by atoms with Crippen molar-refractivity contribution in [1.82, 2.24) is 14.8 Å². The molecule has 2 heterocycles. The van der Waals surface area contributed by atoms with Crippen molar-refractivity contribution in [3.05, 3.63) is 59.7 Å². The molecule has 1 aliphatic heterocycles. The van der Waals surface area contributed by atoms with Gasteiger partial charge in [-0.1, -0.05) is 31.4 Å². The Morgan fingerprint density at radius 1 is 1.11 bits per heavy atom. The predicted molar refractivity (Wildman–Crippen MR) is 99.1 cm³/mol. The summed E-state index contributed by atoms with van der Waals surface area (Å²) < 4.78 is 15.1. The molecule has 1 aromatic heterocycles. The minimum atomic E-state index is -0.659. The maximum Gasteiger partial charge on any atom is 0.249 e. The first-order valence-electron chi connectivity index (χ1n) is 9.61. The number of nitrogens with one attached hydrogen (secondary N) is 1. The van der Waals surface area contributed by atoms with Crippen LogP contribution in [-0.4, -0.2) is 27.3 Å². The topological polar surface area (TPSA) is 54.3 Å². The van der Waals surface area contributed by atoms with Crippen LogP contribution in [0.5, 0.6) is 0 Å². The summed E-state index contributed by atoms with van der Waals surface area (Å²) in [5.74, 6) is -0.548. The highest BCUT2D eigenvalue weighted by Gasteiger charge is 2.38. The minimum absolute atomic E-state index is 0.105. The fourth-order valence-electron chi connectivity index (χ4n) is 4.13. The molecule has 2 aliphatic rings. The first kappa shape index (κ1) is 17.8. The van der Waals surface area contributed by atoms with Crippen LogP contribution in [0.4, 0.5) is 4.39 Å². The summed E-state index contributed by atoms with van der Waals surface area (Å²) >= 11 is 0. The maximum atomic E-state index is 13.2. The standard InChI is InChI=1S/C21H24FN3O2/c22-16-10-8-15(9-11-16)13-25-19(26)14-24-12-4-7-18(24)20(25)21(27)23-17-5-2-1-3-6-17/h4,7-12,17,20H,1-3,5-6,13-14H2,(H,23,27)/t20-/m0/s1. The lowest BCUT2D eigenvalue weighted by atomic mass is 9.95. The Morgan fingerprint density at radius 3 is 2.59 bits per heavy atom. The van der Waals surface area contributed by atoms with Crippen molar-refractivity contribution >= 4 is 11.8 Å². The van der Waals surface area contributed by atoms with Gasteiger partial charge in [-0.05, 0) is 42.7 Å². The highest BCUT2D eigenvalue weighted by atomic mass is 19.1. The normalized spacial score (nSPS) is 20.4. The van der Waals surface area contributed by atoms with Gasteiger partial charge >= 0.3 is 0 Å². The summed E-state index contributed by atoms with van der Waals surface area (Å²) in [6, 6.07) is 9.36. The number of carbonyl (C=O) groups excluding carboxylic acids is 2. The maximum absolute atomic E-state index is 13.2. The predicted octanol–water partition coefficient (Wildman–Crippen LogP) is 3.16. The monoisotopic (exact) mass is 369 g/mol. The first-order chi connectivity index (χ1) is 13.1. The summed E-state index contributed by atoms with van der Waals surface area (Å²) in [7, 11) is 0. The van der Waals surface area contributed by atoms with Crippen molar-refractivity contribution in [3.63, 3.8) is 0 Å². The van der Waals surface area contributed by atoms with E-state index in [2.05, 4.69) is 5.32 Å². The molecule has 1 fully saturated rings. The van der Waals surface area contributed by atoms with Gasteiger partial charge in [-0.2, -0.15) is 0 Å². The van der Waals surface area contributed by atoms with Crippen molar-refractivity contribution in [2.45, 2.75) is 57.3 Å². The number of hydrogen-bond donors (Lipinski definition) is 1. The average Bonchev–Trinajstić information content (AvgIpc) is 3.12. The van der Waals surface area contributed by atoms with Crippen LogP contribution in [0.15, 0.2) is 42.6 Å². The molecule has 142 valence electrons. The van der Waals surface area contributed by atoms with E-state index in [9.17, 15) is 14.0 Å². The van der Waals surface area contributed by atoms with E-state index in [1.807, 2.05) is 22.9 Å². The molecule has 0 saturated heterocycles. The lowest BCUT2D eigenvalue weighted by Gasteiger charge is -2.37. The van der Waals surface area contributed by atoms with E-state index < -0.39 is 6.04 Å². The molecule has 2 amide bonds. The first-order valence-corrected chi connectivity index (χ1v) is 9.61. The summed E-state index contributed by atoms with van der Waals surface area (Å²) in [6.07, 6.45) is 7.29. The molecular weight excluding hydrogens is 345 g/mol. The van der Waals surface area contributed by atoms with Crippen molar-refractivity contribution in [3.8, 4) is 0 Å². The summed E-state index contributed by atoms with van der Waals surface area (Å²) in [5, 5.41) is 3.16. The number of aromatic nitrogens is 1. The van der Waals surface area contributed by atoms with Crippen molar-refractivity contribution < 1.29 is 14.0 Å². The van der Waals surface area contributed by atoms with Crippen LogP contribution < -0.4 is 5.32 Å². The third-order valence-electron chi connectivity index (χ3n) is 5.55. The van der Waals surface area contributed by atoms with Crippen LogP contribution in [-0.2, 0) is 22.7 Å². The number of nitrogens with zero attached hydrogens (tertiary/aromatic N) is 2. The molecule has 27 heavy (non-hydrogen) atoms. The molecule has 1 N–H and O–H groups in total. The van der Waals surface area contributed by atoms with E-state index in [1.54, 1.807) is 17.0 Å². The van der Waals surface area contributed by atoms with Crippen LogP contribution in [0, 0.1) is 5.82 Å². The molecule has 2 aromatic rings. The zero-order chi connectivity index (χ0) is 18.8. The van der Waals surface area contributed by atoms with Gasteiger partial charge in [-0.3, -0.25) is 9.59 Å². The molecule has 1 aromatic carbocycles. The van der Waals surface area contributed by atoms with Gasteiger partial charge in [-0.15, -0.1) is 0 Å². The van der Waals surface area contributed by atoms with Gasteiger partial charge in [0.1, 0.15) is 12.4 Å². The lowest BCUT2D eigenvalue weighted by Crippen LogP contribution is -2.50. The van der Waals surface area contributed by atoms with Crippen LogP contribution in [0.25, 0.3) is 0 Å². The Bertz CT molecular complexity index is 824. The van der Waals surface area contributed by atoms with Crippen LogP contribution in [0.1, 0.15) is 49.4 Å². The van der Waals surface area contributed by atoms with Gasteiger partial charge in [-0.25, -0.2) is 4.39 Å². The van der Waals surface area contributed by atoms with Crippen molar-refractivity contribution in [2.75, 3.05) is 0 Å².